The summed E-state index contributed by atoms with van der Waals surface area (Å²) >= 11 is 0. The van der Waals surface area contributed by atoms with E-state index in [1.54, 1.807) is 14.1 Å². The largest absolute Gasteiger partial charge is 0.377 e. The molecule has 1 amide bonds. The Bertz CT molecular complexity index is 536. The lowest BCUT2D eigenvalue weighted by molar-refractivity contribution is -0.138. The average Bonchev–Trinajstić information content (AvgIpc) is 2.51. The molecule has 0 heterocycles. The summed E-state index contributed by atoms with van der Waals surface area (Å²) in [5.74, 6) is -1.31. The van der Waals surface area contributed by atoms with Crippen LogP contribution in [0.3, 0.4) is 0 Å². The van der Waals surface area contributed by atoms with Gasteiger partial charge in [0.25, 0.3) is 0 Å². The summed E-state index contributed by atoms with van der Waals surface area (Å²) in [4.78, 5) is 13.9. The van der Waals surface area contributed by atoms with Crippen molar-refractivity contribution in [3.05, 3.63) is 35.9 Å². The first-order valence-corrected chi connectivity index (χ1v) is 8.43. The van der Waals surface area contributed by atoms with Gasteiger partial charge in [0.15, 0.2) is 5.34 Å². The van der Waals surface area contributed by atoms with Gasteiger partial charge in [0.05, 0.1) is 5.92 Å². The normalized spacial score (nSPS) is 15.9. The van der Waals surface area contributed by atoms with E-state index < -0.39 is 18.9 Å². The Hall–Kier alpha value is -1.20. The number of hydrogen-bond acceptors (Lipinski definition) is 5. The summed E-state index contributed by atoms with van der Waals surface area (Å²) in [7, 11) is 1.69. The van der Waals surface area contributed by atoms with Crippen LogP contribution in [0.15, 0.2) is 30.3 Å². The van der Waals surface area contributed by atoms with E-state index in [-0.39, 0.29) is 12.3 Å². The molecule has 0 fully saturated rings. The Labute approximate surface area is 131 Å². The number of aliphatic hydroxyl groups is 1. The molecule has 0 saturated heterocycles. The fraction of sp³-hybridized carbons (Fsp3) is 0.533. The number of hydrogen-bond donors (Lipinski definition) is 1. The van der Waals surface area contributed by atoms with Gasteiger partial charge in [-0.05, 0) is 18.9 Å². The van der Waals surface area contributed by atoms with E-state index in [0.717, 1.165) is 5.56 Å². The highest BCUT2D eigenvalue weighted by molar-refractivity contribution is 7.55. The van der Waals surface area contributed by atoms with Crippen LogP contribution in [0, 0.1) is 5.92 Å². The van der Waals surface area contributed by atoms with Gasteiger partial charge < -0.3 is 19.1 Å². The Kier molecular flexibility index (Phi) is 6.32. The molecule has 0 aromatic heterocycles. The number of amides is 1. The lowest BCUT2D eigenvalue weighted by atomic mass is 9.93. The van der Waals surface area contributed by atoms with Crippen molar-refractivity contribution < 1.29 is 23.5 Å². The van der Waals surface area contributed by atoms with E-state index >= 15 is 0 Å². The van der Waals surface area contributed by atoms with Gasteiger partial charge in [0.1, 0.15) is 0 Å². The zero-order valence-corrected chi connectivity index (χ0v) is 14.5. The molecule has 7 heteroatoms. The third-order valence-electron chi connectivity index (χ3n) is 3.72. The predicted molar refractivity (Wildman–Crippen MR) is 84.6 cm³/mol. The van der Waals surface area contributed by atoms with Crippen molar-refractivity contribution in [1.82, 2.24) is 4.90 Å². The predicted octanol–water partition coefficient (Wildman–Crippen LogP) is 2.13. The van der Waals surface area contributed by atoms with Crippen LogP contribution in [-0.4, -0.2) is 49.6 Å². The molecule has 0 aliphatic carbocycles. The summed E-state index contributed by atoms with van der Waals surface area (Å²) in [5.41, 5.74) is 0.849. The van der Waals surface area contributed by atoms with E-state index in [2.05, 4.69) is 0 Å². The molecule has 6 nitrogen and oxygen atoms in total. The first kappa shape index (κ1) is 18.8. The minimum absolute atomic E-state index is 0.224. The SMILES string of the molecule is COP(=O)(OC)[C@](C)(O)[C@H](Cc1ccccc1)C(=O)N(C)C. The molecule has 1 aromatic carbocycles. The maximum atomic E-state index is 12.7. The number of carbonyl (C=O) groups excluding carboxylic acids is 1. The second-order valence-corrected chi connectivity index (χ2v) is 8.06. The van der Waals surface area contributed by atoms with Crippen molar-refractivity contribution in [3.63, 3.8) is 0 Å². The summed E-state index contributed by atoms with van der Waals surface area (Å²) in [6.45, 7) is 1.32. The number of benzene rings is 1. The van der Waals surface area contributed by atoms with Crippen LogP contribution in [0.25, 0.3) is 0 Å². The van der Waals surface area contributed by atoms with E-state index in [4.69, 9.17) is 9.05 Å². The lowest BCUT2D eigenvalue weighted by Gasteiger charge is -2.37. The monoisotopic (exact) mass is 329 g/mol. The van der Waals surface area contributed by atoms with E-state index in [9.17, 15) is 14.5 Å². The van der Waals surface area contributed by atoms with Gasteiger partial charge in [0, 0.05) is 28.3 Å². The standard InChI is InChI=1S/C15H24NO5P/c1-15(18,22(19,20-4)21-5)13(14(17)16(2)3)11-12-9-7-6-8-10-12/h6-10,13,18H,11H2,1-5H3/t13-,15+/m1/s1. The van der Waals surface area contributed by atoms with E-state index in [1.807, 2.05) is 30.3 Å². The van der Waals surface area contributed by atoms with Crippen molar-refractivity contribution in [3.8, 4) is 0 Å². The van der Waals surface area contributed by atoms with Gasteiger partial charge in [-0.25, -0.2) is 0 Å². The number of nitrogens with zero attached hydrogens (tertiary/aromatic N) is 1. The van der Waals surface area contributed by atoms with Crippen molar-refractivity contribution in [2.75, 3.05) is 28.3 Å². The van der Waals surface area contributed by atoms with Crippen molar-refractivity contribution in [2.24, 2.45) is 5.92 Å². The maximum Gasteiger partial charge on any atom is 0.361 e. The second-order valence-electron chi connectivity index (χ2n) is 5.43. The molecule has 0 radical (unpaired) electrons. The van der Waals surface area contributed by atoms with Crippen LogP contribution < -0.4 is 0 Å². The van der Waals surface area contributed by atoms with Crippen molar-refractivity contribution >= 4 is 13.5 Å². The Balaban J connectivity index is 3.26. The van der Waals surface area contributed by atoms with Crippen LogP contribution in [0.4, 0.5) is 0 Å². The molecule has 124 valence electrons. The van der Waals surface area contributed by atoms with Gasteiger partial charge in [-0.1, -0.05) is 30.3 Å². The molecule has 1 aromatic rings. The molecule has 0 saturated carbocycles. The minimum atomic E-state index is -3.86. The minimum Gasteiger partial charge on any atom is -0.377 e. The fourth-order valence-electron chi connectivity index (χ4n) is 2.31. The summed E-state index contributed by atoms with van der Waals surface area (Å²) in [5, 5.41) is 8.86. The summed E-state index contributed by atoms with van der Waals surface area (Å²) < 4.78 is 22.5. The quantitative estimate of drug-likeness (QED) is 0.776. The highest BCUT2D eigenvalue weighted by atomic mass is 31.2. The van der Waals surface area contributed by atoms with Gasteiger partial charge in [-0.2, -0.15) is 0 Å². The molecule has 0 spiro atoms. The Morgan fingerprint density at radius 1 is 1.27 bits per heavy atom. The van der Waals surface area contributed by atoms with Crippen LogP contribution in [0.1, 0.15) is 12.5 Å². The van der Waals surface area contributed by atoms with Gasteiger partial charge in [-0.15, -0.1) is 0 Å². The molecule has 22 heavy (non-hydrogen) atoms. The number of rotatable bonds is 7. The van der Waals surface area contributed by atoms with E-state index in [1.165, 1.54) is 26.0 Å². The summed E-state index contributed by atoms with van der Waals surface area (Å²) in [6, 6.07) is 9.23. The van der Waals surface area contributed by atoms with Crippen molar-refractivity contribution in [1.29, 1.82) is 0 Å². The highest BCUT2D eigenvalue weighted by Crippen LogP contribution is 2.61. The molecule has 0 unspecified atom stereocenters. The smallest absolute Gasteiger partial charge is 0.361 e. The second kappa shape index (κ2) is 7.38. The molecular weight excluding hydrogens is 305 g/mol. The highest BCUT2D eigenvalue weighted by Gasteiger charge is 2.53. The molecule has 0 aliphatic heterocycles. The van der Waals surface area contributed by atoms with Crippen molar-refractivity contribution in [2.45, 2.75) is 18.7 Å². The van der Waals surface area contributed by atoms with Crippen LogP contribution in [0.2, 0.25) is 0 Å². The lowest BCUT2D eigenvalue weighted by Crippen LogP contribution is -2.46. The van der Waals surface area contributed by atoms with E-state index in [0.29, 0.717) is 0 Å². The molecule has 2 atom stereocenters. The van der Waals surface area contributed by atoms with Crippen LogP contribution in [0.5, 0.6) is 0 Å². The Morgan fingerprint density at radius 3 is 2.18 bits per heavy atom. The molecule has 1 N–H and O–H groups in total. The topological polar surface area (TPSA) is 76.1 Å². The first-order chi connectivity index (χ1) is 10.2. The third-order valence-corrected chi connectivity index (χ3v) is 6.10. The van der Waals surface area contributed by atoms with Gasteiger partial charge in [-0.3, -0.25) is 9.36 Å². The fourth-order valence-corrected chi connectivity index (χ4v) is 3.78. The zero-order valence-electron chi connectivity index (χ0n) is 13.6. The molecular formula is C15H24NO5P. The van der Waals surface area contributed by atoms with Crippen LogP contribution >= 0.6 is 7.60 Å². The number of carbonyl (C=O) groups is 1. The molecule has 0 aliphatic rings. The first-order valence-electron chi connectivity index (χ1n) is 6.88. The van der Waals surface area contributed by atoms with Gasteiger partial charge in [0.2, 0.25) is 5.91 Å². The van der Waals surface area contributed by atoms with Crippen LogP contribution in [-0.2, 0) is 24.8 Å². The maximum absolute atomic E-state index is 12.7. The molecule has 1 rings (SSSR count). The average molecular weight is 329 g/mol. The third kappa shape index (κ3) is 3.76. The molecule has 0 bridgehead atoms. The zero-order chi connectivity index (χ0) is 17.0. The Morgan fingerprint density at radius 2 is 1.77 bits per heavy atom. The summed E-state index contributed by atoms with van der Waals surface area (Å²) in [6.07, 6.45) is 0.224. The van der Waals surface area contributed by atoms with Gasteiger partial charge >= 0.3 is 7.60 Å².